The molecule has 5 nitrogen and oxygen atoms in total. The van der Waals surface area contributed by atoms with E-state index in [4.69, 9.17) is 16.6 Å². The number of unbranched alkanes of at least 4 members (excludes halogenated alkanes) is 6. The van der Waals surface area contributed by atoms with E-state index in [1.807, 2.05) is 36.4 Å². The average Bonchev–Trinajstić information content (AvgIpc) is 2.58. The van der Waals surface area contributed by atoms with Gasteiger partial charge in [-0.2, -0.15) is 0 Å². The number of nitrogens with two attached hydrogens (primary N) is 2. The van der Waals surface area contributed by atoms with Gasteiger partial charge in [0.05, 0.1) is 0 Å². The number of aliphatic carboxylic acids is 1. The normalized spacial score (nSPS) is 11.1. The molecule has 0 aromatic heterocycles. The van der Waals surface area contributed by atoms with Crippen LogP contribution < -0.4 is 11.5 Å². The van der Waals surface area contributed by atoms with Gasteiger partial charge >= 0.3 is 5.97 Å². The van der Waals surface area contributed by atoms with Gasteiger partial charge in [0.15, 0.2) is 0 Å². The van der Waals surface area contributed by atoms with Crippen LogP contribution in [0.2, 0.25) is 0 Å². The largest absolute Gasteiger partial charge is 0.480 e. The summed E-state index contributed by atoms with van der Waals surface area (Å²) in [6.07, 6.45) is 11.1. The summed E-state index contributed by atoms with van der Waals surface area (Å²) in [7, 11) is 0. The Morgan fingerprint density at radius 3 is 2.12 bits per heavy atom. The number of carboxylic acid groups (broad SMARTS) is 1. The van der Waals surface area contributed by atoms with Crippen LogP contribution in [0.15, 0.2) is 43.0 Å². The third-order valence-electron chi connectivity index (χ3n) is 3.70. The second-order valence-electron chi connectivity index (χ2n) is 6.05. The highest BCUT2D eigenvalue weighted by atomic mass is 16.4. The van der Waals surface area contributed by atoms with Crippen LogP contribution in [0.3, 0.4) is 0 Å². The molecule has 0 fully saturated rings. The van der Waals surface area contributed by atoms with E-state index in [1.165, 1.54) is 25.7 Å². The highest BCUT2D eigenvalue weighted by Gasteiger charge is 2.10. The van der Waals surface area contributed by atoms with Crippen molar-refractivity contribution in [3.63, 3.8) is 0 Å². The van der Waals surface area contributed by atoms with Gasteiger partial charge < -0.3 is 16.6 Å². The molecule has 1 aromatic rings. The second kappa shape index (κ2) is 15.4. The Hall–Kier alpha value is -2.14. The van der Waals surface area contributed by atoms with E-state index in [1.54, 1.807) is 0 Å². The molecule has 1 atom stereocenters. The van der Waals surface area contributed by atoms with E-state index in [0.717, 1.165) is 24.8 Å². The standard InChI is InChI=1S/C11H21NO.C9H11NO2/c1-2-3-4-5-6-7-8-9-10-11(12)13;10-8(9(11)12)6-7-4-2-1-3-5-7/h2H,1,3-10H2,(H2,12,13);1-5,8H,6,10H2,(H,11,12)/t;8-/m.0/s1. The van der Waals surface area contributed by atoms with Crippen LogP contribution >= 0.6 is 0 Å². The van der Waals surface area contributed by atoms with Crippen molar-refractivity contribution in [1.29, 1.82) is 0 Å². The molecule has 140 valence electrons. The number of hydrogen-bond donors (Lipinski definition) is 3. The fraction of sp³-hybridized carbons (Fsp3) is 0.500. The maximum atomic E-state index is 10.4. The summed E-state index contributed by atoms with van der Waals surface area (Å²) in [5.74, 6) is -1.13. The van der Waals surface area contributed by atoms with Gasteiger partial charge in [-0.05, 0) is 31.2 Å². The number of amides is 1. The van der Waals surface area contributed by atoms with Gasteiger partial charge in [0.2, 0.25) is 5.91 Å². The first-order valence-electron chi connectivity index (χ1n) is 8.89. The quantitative estimate of drug-likeness (QED) is 0.397. The minimum Gasteiger partial charge on any atom is -0.480 e. The van der Waals surface area contributed by atoms with E-state index in [0.29, 0.717) is 12.8 Å². The van der Waals surface area contributed by atoms with Crippen molar-refractivity contribution in [3.8, 4) is 0 Å². The molecule has 1 rings (SSSR count). The monoisotopic (exact) mass is 348 g/mol. The minimum atomic E-state index is -0.959. The Balaban J connectivity index is 0.000000462. The van der Waals surface area contributed by atoms with E-state index >= 15 is 0 Å². The Morgan fingerprint density at radius 2 is 1.60 bits per heavy atom. The summed E-state index contributed by atoms with van der Waals surface area (Å²) < 4.78 is 0. The molecule has 0 aliphatic heterocycles. The first-order chi connectivity index (χ1) is 12.0. The summed E-state index contributed by atoms with van der Waals surface area (Å²) in [6.45, 7) is 3.68. The van der Waals surface area contributed by atoms with Gasteiger partial charge in [-0.1, -0.05) is 62.1 Å². The number of hydrogen-bond acceptors (Lipinski definition) is 3. The molecule has 0 saturated carbocycles. The predicted molar refractivity (Wildman–Crippen MR) is 102 cm³/mol. The lowest BCUT2D eigenvalue weighted by Gasteiger charge is -2.04. The molecule has 0 unspecified atom stereocenters. The van der Waals surface area contributed by atoms with Crippen LogP contribution in [0, 0.1) is 0 Å². The molecule has 1 amide bonds. The van der Waals surface area contributed by atoms with Crippen LogP contribution in [-0.2, 0) is 16.0 Å². The topological polar surface area (TPSA) is 106 Å². The van der Waals surface area contributed by atoms with Crippen LogP contribution in [0.1, 0.15) is 56.9 Å². The summed E-state index contributed by atoms with van der Waals surface area (Å²) in [5.41, 5.74) is 11.3. The van der Waals surface area contributed by atoms with Gasteiger partial charge in [-0.25, -0.2) is 0 Å². The molecule has 25 heavy (non-hydrogen) atoms. The second-order valence-corrected chi connectivity index (χ2v) is 6.05. The van der Waals surface area contributed by atoms with E-state index in [9.17, 15) is 9.59 Å². The summed E-state index contributed by atoms with van der Waals surface area (Å²) in [5, 5.41) is 8.52. The van der Waals surface area contributed by atoms with Crippen molar-refractivity contribution in [3.05, 3.63) is 48.6 Å². The molecule has 0 aliphatic rings. The zero-order chi connectivity index (χ0) is 18.9. The Bertz CT molecular complexity index is 489. The number of carbonyl (C=O) groups is 2. The number of primary amides is 1. The molecule has 5 heteroatoms. The van der Waals surface area contributed by atoms with E-state index in [2.05, 4.69) is 6.58 Å². The first kappa shape index (κ1) is 22.9. The van der Waals surface area contributed by atoms with Gasteiger partial charge in [0.25, 0.3) is 0 Å². The highest BCUT2D eigenvalue weighted by molar-refractivity contribution is 5.73. The number of allylic oxidation sites excluding steroid dienone is 1. The predicted octanol–water partition coefficient (Wildman–Crippen LogP) is 3.42. The fourth-order valence-electron chi connectivity index (χ4n) is 2.25. The maximum Gasteiger partial charge on any atom is 0.320 e. The molecule has 0 saturated heterocycles. The molecule has 1 aromatic carbocycles. The smallest absolute Gasteiger partial charge is 0.320 e. The van der Waals surface area contributed by atoms with Crippen molar-refractivity contribution in [2.75, 3.05) is 0 Å². The fourth-order valence-corrected chi connectivity index (χ4v) is 2.25. The number of benzene rings is 1. The highest BCUT2D eigenvalue weighted by Crippen LogP contribution is 2.08. The minimum absolute atomic E-state index is 0.174. The Kier molecular flexibility index (Phi) is 14.1. The lowest BCUT2D eigenvalue weighted by Crippen LogP contribution is -2.32. The number of rotatable bonds is 12. The van der Waals surface area contributed by atoms with Gasteiger partial charge in [0, 0.05) is 6.42 Å². The number of carboxylic acids is 1. The van der Waals surface area contributed by atoms with Gasteiger partial charge in [0.1, 0.15) is 6.04 Å². The summed E-state index contributed by atoms with van der Waals surface area (Å²) in [4.78, 5) is 20.8. The molecule has 0 spiro atoms. The lowest BCUT2D eigenvalue weighted by molar-refractivity contribution is -0.138. The molecule has 0 aliphatic carbocycles. The summed E-state index contributed by atoms with van der Waals surface area (Å²) >= 11 is 0. The number of carbonyl (C=O) groups excluding carboxylic acids is 1. The van der Waals surface area contributed by atoms with Crippen LogP contribution in [0.25, 0.3) is 0 Å². The molecule has 0 radical (unpaired) electrons. The average molecular weight is 348 g/mol. The van der Waals surface area contributed by atoms with Crippen molar-refractivity contribution in [2.24, 2.45) is 11.5 Å². The Morgan fingerprint density at radius 1 is 1.04 bits per heavy atom. The molecular formula is C20H32N2O3. The van der Waals surface area contributed by atoms with Crippen molar-refractivity contribution < 1.29 is 14.7 Å². The van der Waals surface area contributed by atoms with Gasteiger partial charge in [-0.3, -0.25) is 9.59 Å². The molecule has 5 N–H and O–H groups in total. The van der Waals surface area contributed by atoms with Crippen molar-refractivity contribution in [1.82, 2.24) is 0 Å². The molecule has 0 heterocycles. The molecule has 0 bridgehead atoms. The van der Waals surface area contributed by atoms with E-state index < -0.39 is 12.0 Å². The van der Waals surface area contributed by atoms with Gasteiger partial charge in [-0.15, -0.1) is 6.58 Å². The third kappa shape index (κ3) is 15.1. The Labute approximate surface area is 151 Å². The lowest BCUT2D eigenvalue weighted by atomic mass is 10.1. The third-order valence-corrected chi connectivity index (χ3v) is 3.70. The zero-order valence-electron chi connectivity index (χ0n) is 15.0. The van der Waals surface area contributed by atoms with E-state index in [-0.39, 0.29) is 5.91 Å². The molecular weight excluding hydrogens is 316 g/mol. The summed E-state index contributed by atoms with van der Waals surface area (Å²) in [6, 6.07) is 8.54. The maximum absolute atomic E-state index is 10.4. The van der Waals surface area contributed by atoms with Crippen LogP contribution in [0.5, 0.6) is 0 Å². The zero-order valence-corrected chi connectivity index (χ0v) is 15.0. The van der Waals surface area contributed by atoms with Crippen molar-refractivity contribution >= 4 is 11.9 Å². The van der Waals surface area contributed by atoms with Crippen molar-refractivity contribution in [2.45, 2.75) is 63.8 Å². The van der Waals surface area contributed by atoms with Crippen LogP contribution in [-0.4, -0.2) is 23.0 Å². The first-order valence-corrected chi connectivity index (χ1v) is 8.89. The van der Waals surface area contributed by atoms with Crippen LogP contribution in [0.4, 0.5) is 0 Å². The SMILES string of the molecule is C=CCCCCCCCCC(N)=O.N[C@@H](Cc1ccccc1)C(=O)O.